The van der Waals surface area contributed by atoms with Crippen LogP contribution in [0.2, 0.25) is 0 Å². The molecular weight excluding hydrogens is 373 g/mol. The van der Waals surface area contributed by atoms with Crippen LogP contribution in [-0.4, -0.2) is 16.4 Å². The summed E-state index contributed by atoms with van der Waals surface area (Å²) in [6, 6.07) is 18.0. The number of pyridine rings is 1. The number of amides is 1. The number of halogens is 3. The Labute approximate surface area is 158 Å². The number of hydrogen-bond acceptors (Lipinski definition) is 3. The predicted octanol–water partition coefficient (Wildman–Crippen LogP) is 5.21. The Hall–Kier alpha value is -2.80. The number of nitrogens with zero attached hydrogens (tertiary/aromatic N) is 1. The van der Waals surface area contributed by atoms with Gasteiger partial charge >= 0.3 is 5.51 Å². The van der Waals surface area contributed by atoms with Crippen molar-refractivity contribution in [2.24, 2.45) is 0 Å². The normalized spacial score (nSPS) is 12.4. The van der Waals surface area contributed by atoms with Gasteiger partial charge in [-0.2, -0.15) is 13.2 Å². The molecule has 3 nitrogen and oxygen atoms in total. The zero-order valence-electron chi connectivity index (χ0n) is 14.0. The van der Waals surface area contributed by atoms with Crippen molar-refractivity contribution < 1.29 is 18.0 Å². The average Bonchev–Trinajstić information content (AvgIpc) is 2.66. The number of aromatic nitrogens is 1. The third-order valence-electron chi connectivity index (χ3n) is 3.80. The molecule has 1 amide bonds. The molecule has 0 aliphatic heterocycles. The summed E-state index contributed by atoms with van der Waals surface area (Å²) in [6.07, 6.45) is 3.28. The van der Waals surface area contributed by atoms with Crippen LogP contribution < -0.4 is 5.32 Å². The van der Waals surface area contributed by atoms with E-state index in [-0.39, 0.29) is 28.1 Å². The first-order valence-corrected chi connectivity index (χ1v) is 8.85. The second kappa shape index (κ2) is 8.26. The Morgan fingerprint density at radius 3 is 2.07 bits per heavy atom. The van der Waals surface area contributed by atoms with Crippen LogP contribution in [0.5, 0.6) is 0 Å². The van der Waals surface area contributed by atoms with Gasteiger partial charge in [-0.3, -0.25) is 9.78 Å². The van der Waals surface area contributed by atoms with Crippen molar-refractivity contribution in [1.82, 2.24) is 10.3 Å². The minimum atomic E-state index is -4.36. The van der Waals surface area contributed by atoms with Crippen molar-refractivity contribution in [3.05, 3.63) is 95.8 Å². The first kappa shape index (κ1) is 19.0. The second-order valence-electron chi connectivity index (χ2n) is 5.67. The van der Waals surface area contributed by atoms with Gasteiger partial charge in [0.25, 0.3) is 5.91 Å². The van der Waals surface area contributed by atoms with E-state index >= 15 is 0 Å². The lowest BCUT2D eigenvalue weighted by atomic mass is 9.99. The third kappa shape index (κ3) is 5.34. The lowest BCUT2D eigenvalue weighted by Gasteiger charge is -2.20. The molecule has 0 saturated heterocycles. The predicted molar refractivity (Wildman–Crippen MR) is 98.3 cm³/mol. The topological polar surface area (TPSA) is 42.0 Å². The van der Waals surface area contributed by atoms with Crippen LogP contribution in [0.3, 0.4) is 0 Å². The average molecular weight is 388 g/mol. The number of carbonyl (C=O) groups is 1. The van der Waals surface area contributed by atoms with Gasteiger partial charge in [0.15, 0.2) is 0 Å². The van der Waals surface area contributed by atoms with Crippen LogP contribution in [0, 0.1) is 0 Å². The fraction of sp³-hybridized carbons (Fsp3) is 0.100. The SMILES string of the molecule is O=C(NC(c1ccccc1)c1ccncc1)c1ccc(SC(F)(F)F)cc1. The molecule has 1 N–H and O–H groups in total. The fourth-order valence-electron chi connectivity index (χ4n) is 2.58. The van der Waals surface area contributed by atoms with E-state index in [4.69, 9.17) is 0 Å². The van der Waals surface area contributed by atoms with Crippen LogP contribution in [0.25, 0.3) is 0 Å². The van der Waals surface area contributed by atoms with Crippen molar-refractivity contribution in [2.45, 2.75) is 16.4 Å². The minimum Gasteiger partial charge on any atom is -0.341 e. The molecule has 0 radical (unpaired) electrons. The zero-order chi connectivity index (χ0) is 19.3. The Bertz CT molecular complexity index is 845. The molecule has 27 heavy (non-hydrogen) atoms. The van der Waals surface area contributed by atoms with E-state index in [1.807, 2.05) is 30.3 Å². The van der Waals surface area contributed by atoms with Crippen LogP contribution in [0.15, 0.2) is 84.0 Å². The fourth-order valence-corrected chi connectivity index (χ4v) is 3.12. The number of hydrogen-bond donors (Lipinski definition) is 1. The summed E-state index contributed by atoms with van der Waals surface area (Å²) >= 11 is -0.210. The van der Waals surface area contributed by atoms with Crippen molar-refractivity contribution in [1.29, 1.82) is 0 Å². The van der Waals surface area contributed by atoms with E-state index in [1.165, 1.54) is 24.3 Å². The molecule has 3 aromatic rings. The quantitative estimate of drug-likeness (QED) is 0.610. The molecule has 0 spiro atoms. The van der Waals surface area contributed by atoms with E-state index in [1.54, 1.807) is 24.5 Å². The lowest BCUT2D eigenvalue weighted by Crippen LogP contribution is -2.29. The van der Waals surface area contributed by atoms with Gasteiger partial charge in [-0.1, -0.05) is 30.3 Å². The van der Waals surface area contributed by atoms with Crippen molar-refractivity contribution in [3.63, 3.8) is 0 Å². The first-order chi connectivity index (χ1) is 12.9. The standard InChI is InChI=1S/C20H15F3N2OS/c21-20(22,23)27-17-8-6-16(7-9-17)19(26)25-18(14-4-2-1-3-5-14)15-10-12-24-13-11-15/h1-13,18H,(H,25,26). The highest BCUT2D eigenvalue weighted by Crippen LogP contribution is 2.36. The highest BCUT2D eigenvalue weighted by Gasteiger charge is 2.29. The molecule has 1 unspecified atom stereocenters. The summed E-state index contributed by atoms with van der Waals surface area (Å²) in [4.78, 5) is 16.7. The molecule has 0 saturated carbocycles. The zero-order valence-corrected chi connectivity index (χ0v) is 14.8. The summed E-state index contributed by atoms with van der Waals surface area (Å²) in [5.41, 5.74) is -2.32. The summed E-state index contributed by atoms with van der Waals surface area (Å²) in [6.45, 7) is 0. The Balaban J connectivity index is 1.81. The number of thioether (sulfide) groups is 1. The summed E-state index contributed by atoms with van der Waals surface area (Å²) in [5.74, 6) is -0.371. The first-order valence-electron chi connectivity index (χ1n) is 8.04. The highest BCUT2D eigenvalue weighted by atomic mass is 32.2. The lowest BCUT2D eigenvalue weighted by molar-refractivity contribution is -0.0328. The number of nitrogens with one attached hydrogen (secondary N) is 1. The summed E-state index contributed by atoms with van der Waals surface area (Å²) < 4.78 is 37.3. The minimum absolute atomic E-state index is 0.0350. The largest absolute Gasteiger partial charge is 0.446 e. The number of benzene rings is 2. The Kier molecular flexibility index (Phi) is 5.81. The molecule has 0 fully saturated rings. The van der Waals surface area contributed by atoms with Gasteiger partial charge in [0.05, 0.1) is 6.04 Å². The number of rotatable bonds is 5. The van der Waals surface area contributed by atoms with Crippen molar-refractivity contribution >= 4 is 17.7 Å². The van der Waals surface area contributed by atoms with E-state index < -0.39 is 11.6 Å². The number of carbonyl (C=O) groups excluding carboxylic acids is 1. The smallest absolute Gasteiger partial charge is 0.341 e. The van der Waals surface area contributed by atoms with Gasteiger partial charge in [0.2, 0.25) is 0 Å². The molecule has 2 aromatic carbocycles. The Morgan fingerprint density at radius 1 is 0.889 bits per heavy atom. The van der Waals surface area contributed by atoms with Gasteiger partial charge in [0, 0.05) is 22.9 Å². The maximum Gasteiger partial charge on any atom is 0.446 e. The van der Waals surface area contributed by atoms with E-state index in [0.29, 0.717) is 0 Å². The molecule has 3 rings (SSSR count). The molecule has 0 aliphatic rings. The number of alkyl halides is 3. The second-order valence-corrected chi connectivity index (χ2v) is 6.81. The summed E-state index contributed by atoms with van der Waals surface area (Å²) in [7, 11) is 0. The van der Waals surface area contributed by atoms with Crippen LogP contribution in [0.4, 0.5) is 13.2 Å². The molecule has 7 heteroatoms. The van der Waals surface area contributed by atoms with Gasteiger partial charge in [0.1, 0.15) is 0 Å². The van der Waals surface area contributed by atoms with E-state index in [9.17, 15) is 18.0 Å². The summed E-state index contributed by atoms with van der Waals surface area (Å²) in [5, 5.41) is 2.94. The van der Waals surface area contributed by atoms with Crippen molar-refractivity contribution in [3.8, 4) is 0 Å². The molecule has 138 valence electrons. The molecule has 1 aromatic heterocycles. The maximum absolute atomic E-state index is 12.6. The monoisotopic (exact) mass is 388 g/mol. The van der Waals surface area contributed by atoms with E-state index in [2.05, 4.69) is 10.3 Å². The van der Waals surface area contributed by atoms with Crippen LogP contribution in [0.1, 0.15) is 27.5 Å². The highest BCUT2D eigenvalue weighted by molar-refractivity contribution is 8.00. The third-order valence-corrected chi connectivity index (χ3v) is 4.54. The Morgan fingerprint density at radius 2 is 1.48 bits per heavy atom. The molecule has 1 heterocycles. The van der Waals surface area contributed by atoms with Crippen LogP contribution >= 0.6 is 11.8 Å². The van der Waals surface area contributed by atoms with Crippen LogP contribution in [-0.2, 0) is 0 Å². The van der Waals surface area contributed by atoms with Gasteiger partial charge in [-0.05, 0) is 59.3 Å². The van der Waals surface area contributed by atoms with E-state index in [0.717, 1.165) is 11.1 Å². The van der Waals surface area contributed by atoms with Gasteiger partial charge in [-0.25, -0.2) is 0 Å². The van der Waals surface area contributed by atoms with Gasteiger partial charge in [-0.15, -0.1) is 0 Å². The van der Waals surface area contributed by atoms with Gasteiger partial charge < -0.3 is 5.32 Å². The molecule has 1 atom stereocenters. The van der Waals surface area contributed by atoms with Crippen molar-refractivity contribution in [2.75, 3.05) is 0 Å². The molecule has 0 aliphatic carbocycles. The maximum atomic E-state index is 12.6. The molecule has 0 bridgehead atoms. The molecular formula is C20H15F3N2OS.